The molecule has 5 rings (SSSR count). The van der Waals surface area contributed by atoms with E-state index in [2.05, 4.69) is 45.8 Å². The third kappa shape index (κ3) is 3.26. The summed E-state index contributed by atoms with van der Waals surface area (Å²) in [6, 6.07) is 26.4. The molecule has 2 heterocycles. The summed E-state index contributed by atoms with van der Waals surface area (Å²) in [5, 5.41) is 2.05. The highest BCUT2D eigenvalue weighted by Crippen LogP contribution is 2.43. The first-order chi connectivity index (χ1) is 16.1. The van der Waals surface area contributed by atoms with Crippen molar-refractivity contribution >= 4 is 33.9 Å². The van der Waals surface area contributed by atoms with Gasteiger partial charge in [-0.25, -0.2) is 0 Å². The number of esters is 1. The quantitative estimate of drug-likeness (QED) is 0.326. The maximum atomic E-state index is 13.9. The summed E-state index contributed by atoms with van der Waals surface area (Å²) in [4.78, 5) is 13.9. The molecule has 0 aliphatic carbocycles. The SMILES string of the molecule is COC(=O)C(/C=C/c1ccccc1)(c1cn(C)c2ccccc12)c1cn(C)c2ccccc12. The van der Waals surface area contributed by atoms with Crippen LogP contribution in [0, 0.1) is 0 Å². The van der Waals surface area contributed by atoms with Gasteiger partial charge in [-0.1, -0.05) is 78.9 Å². The fraction of sp³-hybridized carbons (Fsp3) is 0.138. The van der Waals surface area contributed by atoms with Crippen LogP contribution in [0.1, 0.15) is 16.7 Å². The van der Waals surface area contributed by atoms with E-state index in [1.54, 1.807) is 0 Å². The lowest BCUT2D eigenvalue weighted by atomic mass is 9.73. The monoisotopic (exact) mass is 434 g/mol. The van der Waals surface area contributed by atoms with Crippen LogP contribution in [0.15, 0.2) is 97.3 Å². The van der Waals surface area contributed by atoms with Crippen LogP contribution in [-0.2, 0) is 29.0 Å². The van der Waals surface area contributed by atoms with E-state index in [4.69, 9.17) is 4.74 Å². The first-order valence-corrected chi connectivity index (χ1v) is 11.0. The summed E-state index contributed by atoms with van der Waals surface area (Å²) in [6.07, 6.45) is 8.12. The molecule has 0 bridgehead atoms. The Bertz CT molecular complexity index is 1410. The Hall–Kier alpha value is -4.05. The second kappa shape index (κ2) is 8.14. The molecule has 0 saturated heterocycles. The van der Waals surface area contributed by atoms with E-state index in [0.29, 0.717) is 0 Å². The average Bonchev–Trinajstić information content (AvgIpc) is 3.38. The highest BCUT2D eigenvalue weighted by atomic mass is 16.5. The largest absolute Gasteiger partial charge is 0.468 e. The van der Waals surface area contributed by atoms with E-state index in [9.17, 15) is 4.79 Å². The van der Waals surface area contributed by atoms with Crippen LogP contribution in [-0.4, -0.2) is 22.2 Å². The van der Waals surface area contributed by atoms with Crippen LogP contribution in [0.5, 0.6) is 0 Å². The van der Waals surface area contributed by atoms with Crippen molar-refractivity contribution in [3.05, 3.63) is 114 Å². The standard InChI is InChI=1S/C29H26N2O2/c1-30-19-24(22-13-7-9-15-26(22)30)29(28(32)33-3,18-17-21-11-5-4-6-12-21)25-20-31(2)27-16-10-8-14-23(25)27/h4-20H,1-3H3/b18-17+. The lowest BCUT2D eigenvalue weighted by Gasteiger charge is -2.28. The second-order valence-electron chi connectivity index (χ2n) is 8.39. The zero-order valence-electron chi connectivity index (χ0n) is 19.0. The number of aromatic nitrogens is 2. The fourth-order valence-corrected chi connectivity index (χ4v) is 4.87. The lowest BCUT2D eigenvalue weighted by molar-refractivity contribution is -0.144. The summed E-state index contributed by atoms with van der Waals surface area (Å²) in [6.45, 7) is 0. The molecule has 0 radical (unpaired) electrons. The van der Waals surface area contributed by atoms with Crippen LogP contribution in [0.4, 0.5) is 0 Å². The summed E-state index contributed by atoms with van der Waals surface area (Å²) in [7, 11) is 5.49. The number of nitrogens with zero attached hydrogens (tertiary/aromatic N) is 2. The first-order valence-electron chi connectivity index (χ1n) is 11.0. The van der Waals surface area contributed by atoms with Crippen LogP contribution < -0.4 is 0 Å². The van der Waals surface area contributed by atoms with Crippen molar-refractivity contribution < 1.29 is 9.53 Å². The molecule has 0 aliphatic rings. The first kappa shape index (κ1) is 20.8. The number of hydrogen-bond donors (Lipinski definition) is 0. The third-order valence-corrected chi connectivity index (χ3v) is 6.48. The molecule has 0 atom stereocenters. The van der Waals surface area contributed by atoms with E-state index in [1.807, 2.05) is 80.8 Å². The van der Waals surface area contributed by atoms with Crippen LogP contribution in [0.3, 0.4) is 0 Å². The van der Waals surface area contributed by atoms with Gasteiger partial charge in [0.2, 0.25) is 0 Å². The minimum atomic E-state index is -1.13. The van der Waals surface area contributed by atoms with Gasteiger partial charge in [-0.15, -0.1) is 0 Å². The number of rotatable bonds is 5. The van der Waals surface area contributed by atoms with Crippen molar-refractivity contribution in [3.63, 3.8) is 0 Å². The number of carbonyl (C=O) groups excluding carboxylic acids is 1. The Morgan fingerprint density at radius 2 is 1.24 bits per heavy atom. The highest BCUT2D eigenvalue weighted by molar-refractivity contribution is 6.02. The summed E-state index contributed by atoms with van der Waals surface area (Å²) in [5.41, 5.74) is 3.81. The molecule has 4 heteroatoms. The molecule has 0 unspecified atom stereocenters. The van der Waals surface area contributed by atoms with E-state index in [1.165, 1.54) is 7.11 Å². The van der Waals surface area contributed by atoms with Gasteiger partial charge in [0.25, 0.3) is 0 Å². The lowest BCUT2D eigenvalue weighted by Crippen LogP contribution is -2.36. The van der Waals surface area contributed by atoms with Gasteiger partial charge >= 0.3 is 5.97 Å². The molecule has 0 amide bonds. The number of ether oxygens (including phenoxy) is 1. The van der Waals surface area contributed by atoms with E-state index in [0.717, 1.165) is 38.5 Å². The van der Waals surface area contributed by atoms with Gasteiger partial charge in [-0.05, 0) is 17.7 Å². The topological polar surface area (TPSA) is 36.2 Å². The van der Waals surface area contributed by atoms with Gasteiger partial charge in [0.15, 0.2) is 0 Å². The predicted molar refractivity (Wildman–Crippen MR) is 134 cm³/mol. The normalized spacial score (nSPS) is 12.1. The second-order valence-corrected chi connectivity index (χ2v) is 8.39. The Labute approximate surface area is 193 Å². The molecule has 3 aromatic carbocycles. The minimum Gasteiger partial charge on any atom is -0.468 e. The average molecular weight is 435 g/mol. The Morgan fingerprint density at radius 1 is 0.758 bits per heavy atom. The molecule has 0 N–H and O–H groups in total. The van der Waals surface area contributed by atoms with Gasteiger partial charge < -0.3 is 13.9 Å². The van der Waals surface area contributed by atoms with Gasteiger partial charge in [0.05, 0.1) is 7.11 Å². The van der Waals surface area contributed by atoms with Crippen molar-refractivity contribution in [1.29, 1.82) is 0 Å². The Kier molecular flexibility index (Phi) is 5.14. The molecule has 33 heavy (non-hydrogen) atoms. The van der Waals surface area contributed by atoms with Crippen molar-refractivity contribution in [3.8, 4) is 0 Å². The summed E-state index contributed by atoms with van der Waals surface area (Å²) < 4.78 is 9.67. The van der Waals surface area contributed by atoms with Gasteiger partial charge in [-0.3, -0.25) is 4.79 Å². The molecular formula is C29H26N2O2. The van der Waals surface area contributed by atoms with Gasteiger partial charge in [-0.2, -0.15) is 0 Å². The van der Waals surface area contributed by atoms with Crippen LogP contribution >= 0.6 is 0 Å². The molecule has 0 fully saturated rings. The maximum Gasteiger partial charge on any atom is 0.324 e. The van der Waals surface area contributed by atoms with Crippen molar-refractivity contribution in [2.45, 2.75) is 5.41 Å². The number of aryl methyl sites for hydroxylation is 2. The Balaban J connectivity index is 1.91. The number of carbonyl (C=O) groups is 1. The molecular weight excluding hydrogens is 408 g/mol. The molecule has 0 aliphatic heterocycles. The molecule has 164 valence electrons. The predicted octanol–water partition coefficient (Wildman–Crippen LogP) is 5.84. The highest BCUT2D eigenvalue weighted by Gasteiger charge is 2.45. The number of methoxy groups -OCH3 is 1. The Morgan fingerprint density at radius 3 is 1.76 bits per heavy atom. The van der Waals surface area contributed by atoms with Crippen LogP contribution in [0.2, 0.25) is 0 Å². The van der Waals surface area contributed by atoms with Crippen molar-refractivity contribution in [2.24, 2.45) is 14.1 Å². The van der Waals surface area contributed by atoms with Crippen molar-refractivity contribution in [2.75, 3.05) is 7.11 Å². The van der Waals surface area contributed by atoms with E-state index >= 15 is 0 Å². The van der Waals surface area contributed by atoms with Crippen molar-refractivity contribution in [1.82, 2.24) is 9.13 Å². The van der Waals surface area contributed by atoms with E-state index in [-0.39, 0.29) is 5.97 Å². The molecule has 0 saturated carbocycles. The third-order valence-electron chi connectivity index (χ3n) is 6.48. The molecule has 5 aromatic rings. The number of fused-ring (bicyclic) bond motifs is 2. The number of hydrogen-bond acceptors (Lipinski definition) is 2. The summed E-state index contributed by atoms with van der Waals surface area (Å²) in [5.74, 6) is -0.317. The zero-order valence-corrected chi connectivity index (χ0v) is 19.0. The molecule has 4 nitrogen and oxygen atoms in total. The smallest absolute Gasteiger partial charge is 0.324 e. The molecule has 0 spiro atoms. The minimum absolute atomic E-state index is 0.317. The van der Waals surface area contributed by atoms with Gasteiger partial charge in [0.1, 0.15) is 5.41 Å². The fourth-order valence-electron chi connectivity index (χ4n) is 4.87. The zero-order chi connectivity index (χ0) is 23.0. The maximum absolute atomic E-state index is 13.9. The number of para-hydroxylation sites is 2. The van der Waals surface area contributed by atoms with Gasteiger partial charge in [0, 0.05) is 59.4 Å². The summed E-state index contributed by atoms with van der Waals surface area (Å²) >= 11 is 0. The molecule has 2 aromatic heterocycles. The number of benzene rings is 3. The van der Waals surface area contributed by atoms with E-state index < -0.39 is 5.41 Å². The van der Waals surface area contributed by atoms with Crippen LogP contribution in [0.25, 0.3) is 27.9 Å².